The molecule has 0 aromatic heterocycles. The van der Waals surface area contributed by atoms with E-state index in [4.69, 9.17) is 23.2 Å². The van der Waals surface area contributed by atoms with Crippen molar-refractivity contribution in [1.82, 2.24) is 0 Å². The Kier molecular flexibility index (Phi) is 6.28. The molecule has 0 unspecified atom stereocenters. The lowest BCUT2D eigenvalue weighted by molar-refractivity contribution is -0.144. The monoisotopic (exact) mass is 222 g/mol. The van der Waals surface area contributed by atoms with E-state index in [0.29, 0.717) is 0 Å². The van der Waals surface area contributed by atoms with Crippen LogP contribution in [0.5, 0.6) is 0 Å². The normalized spacial score (nSPS) is 8.77. The number of allylic oxidation sites excluding steroid dienone is 1. The highest BCUT2D eigenvalue weighted by Crippen LogP contribution is 2.06. The highest BCUT2D eigenvalue weighted by Gasteiger charge is 2.07. The molecule has 0 fully saturated rings. The third-order valence-electron chi connectivity index (χ3n) is 0.951. The molecule has 0 saturated carbocycles. The largest absolute Gasteiger partial charge is 0.461 e. The van der Waals surface area contributed by atoms with E-state index >= 15 is 0 Å². The van der Waals surface area contributed by atoms with E-state index in [1.54, 1.807) is 0 Å². The standard InChI is InChI=1S/C8H8Cl2O3/c1-2-3-13-8(12)5-6(11)4-7(9)10/h2,4H,1,3,5H2. The van der Waals surface area contributed by atoms with Gasteiger partial charge in [-0.05, 0) is 0 Å². The van der Waals surface area contributed by atoms with Gasteiger partial charge in [0.1, 0.15) is 17.5 Å². The number of esters is 1. The molecule has 0 amide bonds. The highest BCUT2D eigenvalue weighted by atomic mass is 35.5. The zero-order valence-corrected chi connectivity index (χ0v) is 8.27. The first-order valence-electron chi connectivity index (χ1n) is 3.38. The van der Waals surface area contributed by atoms with Gasteiger partial charge < -0.3 is 4.74 Å². The Balaban J connectivity index is 3.85. The molecule has 0 aliphatic carbocycles. The van der Waals surface area contributed by atoms with Crippen LogP contribution in [0.1, 0.15) is 6.42 Å². The fourth-order valence-electron chi connectivity index (χ4n) is 0.518. The van der Waals surface area contributed by atoms with Gasteiger partial charge >= 0.3 is 5.97 Å². The minimum atomic E-state index is -0.629. The third kappa shape index (κ3) is 7.56. The van der Waals surface area contributed by atoms with Gasteiger partial charge in [-0.1, -0.05) is 35.9 Å². The van der Waals surface area contributed by atoms with Crippen LogP contribution in [0.2, 0.25) is 0 Å². The van der Waals surface area contributed by atoms with Gasteiger partial charge in [0.15, 0.2) is 5.78 Å². The SMILES string of the molecule is C=CCOC(=O)CC(=O)C=C(Cl)Cl. The predicted octanol–water partition coefficient (Wildman–Crippen LogP) is 1.99. The summed E-state index contributed by atoms with van der Waals surface area (Å²) in [6, 6.07) is 0. The summed E-state index contributed by atoms with van der Waals surface area (Å²) in [6.07, 6.45) is 2.00. The molecule has 0 aliphatic rings. The molecule has 0 atom stereocenters. The third-order valence-corrected chi connectivity index (χ3v) is 1.17. The zero-order valence-electron chi connectivity index (χ0n) is 6.76. The van der Waals surface area contributed by atoms with Crippen molar-refractivity contribution in [3.8, 4) is 0 Å². The molecule has 0 spiro atoms. The Bertz CT molecular complexity index is 242. The predicted molar refractivity (Wildman–Crippen MR) is 50.6 cm³/mol. The van der Waals surface area contributed by atoms with E-state index in [-0.39, 0.29) is 17.5 Å². The van der Waals surface area contributed by atoms with Gasteiger partial charge in [0.2, 0.25) is 0 Å². The van der Waals surface area contributed by atoms with E-state index in [2.05, 4.69) is 11.3 Å². The van der Waals surface area contributed by atoms with Gasteiger partial charge in [0.05, 0.1) is 0 Å². The van der Waals surface area contributed by atoms with Crippen LogP contribution < -0.4 is 0 Å². The van der Waals surface area contributed by atoms with Crippen molar-refractivity contribution in [3.63, 3.8) is 0 Å². The number of ether oxygens (including phenoxy) is 1. The lowest BCUT2D eigenvalue weighted by Gasteiger charge is -1.97. The van der Waals surface area contributed by atoms with Crippen molar-refractivity contribution in [1.29, 1.82) is 0 Å². The van der Waals surface area contributed by atoms with Gasteiger partial charge in [0.25, 0.3) is 0 Å². The van der Waals surface area contributed by atoms with Crippen molar-refractivity contribution in [2.45, 2.75) is 6.42 Å². The molecule has 0 aliphatic heterocycles. The molecule has 72 valence electrons. The maximum absolute atomic E-state index is 10.9. The minimum absolute atomic E-state index is 0.0877. The van der Waals surface area contributed by atoms with Crippen molar-refractivity contribution >= 4 is 35.0 Å². The Morgan fingerprint density at radius 2 is 2.00 bits per heavy atom. The van der Waals surface area contributed by atoms with Crippen LogP contribution in [0, 0.1) is 0 Å². The zero-order chi connectivity index (χ0) is 10.3. The summed E-state index contributed by atoms with van der Waals surface area (Å²) in [4.78, 5) is 21.6. The molecule has 3 nitrogen and oxygen atoms in total. The molecular formula is C8H8Cl2O3. The number of halogens is 2. The highest BCUT2D eigenvalue weighted by molar-refractivity contribution is 6.56. The maximum atomic E-state index is 10.9. The van der Waals surface area contributed by atoms with Crippen LogP contribution in [0.4, 0.5) is 0 Å². The summed E-state index contributed by atoms with van der Waals surface area (Å²) in [7, 11) is 0. The average molecular weight is 223 g/mol. The number of hydrogen-bond donors (Lipinski definition) is 0. The number of carbonyl (C=O) groups excluding carboxylic acids is 2. The summed E-state index contributed by atoms with van der Waals surface area (Å²) in [6.45, 7) is 3.43. The molecule has 0 radical (unpaired) electrons. The number of ketones is 1. The van der Waals surface area contributed by atoms with Crippen LogP contribution >= 0.6 is 23.2 Å². The fourth-order valence-corrected chi connectivity index (χ4v) is 0.761. The summed E-state index contributed by atoms with van der Waals surface area (Å²) in [5.74, 6) is -1.12. The van der Waals surface area contributed by atoms with Crippen LogP contribution in [0.25, 0.3) is 0 Å². The molecule has 0 saturated heterocycles. The van der Waals surface area contributed by atoms with E-state index < -0.39 is 11.8 Å². The number of rotatable bonds is 5. The minimum Gasteiger partial charge on any atom is -0.461 e. The Hall–Kier alpha value is -0.800. The van der Waals surface area contributed by atoms with Gasteiger partial charge in [-0.25, -0.2) is 0 Å². The van der Waals surface area contributed by atoms with E-state index in [1.165, 1.54) is 6.08 Å². The van der Waals surface area contributed by atoms with E-state index in [1.807, 2.05) is 0 Å². The molecule has 5 heteroatoms. The second kappa shape index (κ2) is 6.69. The van der Waals surface area contributed by atoms with E-state index in [0.717, 1.165) is 6.08 Å². The second-order valence-electron chi connectivity index (χ2n) is 2.05. The van der Waals surface area contributed by atoms with Crippen molar-refractivity contribution in [3.05, 3.63) is 23.2 Å². The molecule has 0 aromatic rings. The van der Waals surface area contributed by atoms with Gasteiger partial charge in [-0.2, -0.15) is 0 Å². The summed E-state index contributed by atoms with van der Waals surface area (Å²) >= 11 is 10.4. The second-order valence-corrected chi connectivity index (χ2v) is 3.06. The first-order valence-corrected chi connectivity index (χ1v) is 4.14. The number of carbonyl (C=O) groups is 2. The maximum Gasteiger partial charge on any atom is 0.313 e. The first-order chi connectivity index (χ1) is 6.06. The van der Waals surface area contributed by atoms with Gasteiger partial charge in [-0.15, -0.1) is 0 Å². The molecular weight excluding hydrogens is 215 g/mol. The summed E-state index contributed by atoms with van der Waals surface area (Å²) in [5, 5.41) is 0. The van der Waals surface area contributed by atoms with Gasteiger partial charge in [-0.3, -0.25) is 9.59 Å². The molecule has 0 rings (SSSR count). The molecule has 0 heterocycles. The Morgan fingerprint density at radius 3 is 2.46 bits per heavy atom. The van der Waals surface area contributed by atoms with Crippen molar-refractivity contribution in [2.24, 2.45) is 0 Å². The molecule has 13 heavy (non-hydrogen) atoms. The Morgan fingerprint density at radius 1 is 1.38 bits per heavy atom. The van der Waals surface area contributed by atoms with E-state index in [9.17, 15) is 9.59 Å². The summed E-state index contributed by atoms with van der Waals surface area (Å²) in [5.41, 5.74) is 0. The average Bonchev–Trinajstić information content (AvgIpc) is 1.98. The molecule has 0 aromatic carbocycles. The van der Waals surface area contributed by atoms with Crippen LogP contribution in [-0.4, -0.2) is 18.4 Å². The van der Waals surface area contributed by atoms with Crippen LogP contribution in [-0.2, 0) is 14.3 Å². The lowest BCUT2D eigenvalue weighted by Crippen LogP contribution is -2.09. The fraction of sp³-hybridized carbons (Fsp3) is 0.250. The smallest absolute Gasteiger partial charge is 0.313 e. The number of hydrogen-bond acceptors (Lipinski definition) is 3. The lowest BCUT2D eigenvalue weighted by atomic mass is 10.3. The van der Waals surface area contributed by atoms with Crippen molar-refractivity contribution < 1.29 is 14.3 Å². The Labute approximate surface area is 86.0 Å². The molecule has 0 bridgehead atoms. The van der Waals surface area contributed by atoms with Crippen LogP contribution in [0.15, 0.2) is 23.2 Å². The molecule has 0 N–H and O–H groups in total. The topological polar surface area (TPSA) is 43.4 Å². The van der Waals surface area contributed by atoms with Crippen LogP contribution in [0.3, 0.4) is 0 Å². The summed E-state index contributed by atoms with van der Waals surface area (Å²) < 4.78 is 4.37. The van der Waals surface area contributed by atoms with Crippen molar-refractivity contribution in [2.75, 3.05) is 6.61 Å². The first kappa shape index (κ1) is 12.2. The van der Waals surface area contributed by atoms with Gasteiger partial charge in [0, 0.05) is 6.08 Å². The quantitative estimate of drug-likeness (QED) is 0.310.